The third-order valence-electron chi connectivity index (χ3n) is 4.12. The summed E-state index contributed by atoms with van der Waals surface area (Å²) in [7, 11) is 0.784. The Morgan fingerprint density at radius 1 is 1.42 bits per heavy atom. The number of nitrogens with one attached hydrogen (secondary N) is 1. The van der Waals surface area contributed by atoms with E-state index in [0.29, 0.717) is 25.3 Å². The third-order valence-corrected chi connectivity index (χ3v) is 5.96. The molecule has 1 N–H and O–H groups in total. The number of rotatable bonds is 6. The van der Waals surface area contributed by atoms with E-state index in [9.17, 15) is 8.42 Å². The summed E-state index contributed by atoms with van der Waals surface area (Å²) in [5.74, 6) is 2.31. The number of benzene rings is 1. The highest BCUT2D eigenvalue weighted by Crippen LogP contribution is 2.20. The average Bonchev–Trinajstić information content (AvgIpc) is 2.91. The molecular weight excluding hydrogens is 326 g/mol. The van der Waals surface area contributed by atoms with Crippen LogP contribution in [0.4, 0.5) is 0 Å². The molecule has 1 aromatic rings. The predicted octanol–water partition coefficient (Wildman–Crippen LogP) is 1.53. The van der Waals surface area contributed by atoms with Crippen molar-refractivity contribution in [2.75, 3.05) is 38.8 Å². The molecule has 24 heavy (non-hydrogen) atoms. The first-order valence-electron chi connectivity index (χ1n) is 8.27. The van der Waals surface area contributed by atoms with Crippen LogP contribution in [-0.2, 0) is 16.4 Å². The number of guanidine groups is 1. The van der Waals surface area contributed by atoms with E-state index in [1.807, 2.05) is 43.1 Å². The molecule has 0 bridgehead atoms. The number of aliphatic imine (C=N–C) groups is 1. The molecule has 1 unspecified atom stereocenters. The molecule has 1 aliphatic rings. The SMILES string of the molecule is CCNC(=NCC1CCS(=O)(=O)C1)N(C)Cc1ccccc1OC. The Labute approximate surface area is 144 Å². The first-order chi connectivity index (χ1) is 11.4. The van der Waals surface area contributed by atoms with Crippen LogP contribution in [0.3, 0.4) is 0 Å². The molecule has 0 amide bonds. The van der Waals surface area contributed by atoms with Crippen LogP contribution in [-0.4, -0.2) is 58.0 Å². The van der Waals surface area contributed by atoms with Crippen molar-refractivity contribution < 1.29 is 13.2 Å². The summed E-state index contributed by atoms with van der Waals surface area (Å²) in [6.07, 6.45) is 0.710. The monoisotopic (exact) mass is 353 g/mol. The van der Waals surface area contributed by atoms with Gasteiger partial charge in [0, 0.05) is 32.2 Å². The molecule has 1 fully saturated rings. The van der Waals surface area contributed by atoms with Gasteiger partial charge in [-0.25, -0.2) is 8.42 Å². The number of hydrogen-bond donors (Lipinski definition) is 1. The van der Waals surface area contributed by atoms with E-state index in [1.54, 1.807) is 7.11 Å². The molecule has 1 saturated heterocycles. The lowest BCUT2D eigenvalue weighted by molar-refractivity contribution is 0.395. The van der Waals surface area contributed by atoms with Crippen molar-refractivity contribution in [3.05, 3.63) is 29.8 Å². The zero-order chi connectivity index (χ0) is 17.6. The number of ether oxygens (including phenoxy) is 1. The molecular formula is C17H27N3O3S. The molecule has 1 aromatic carbocycles. The summed E-state index contributed by atoms with van der Waals surface area (Å²) in [6, 6.07) is 7.90. The van der Waals surface area contributed by atoms with Crippen LogP contribution in [0.5, 0.6) is 5.75 Å². The van der Waals surface area contributed by atoms with Gasteiger partial charge in [-0.15, -0.1) is 0 Å². The van der Waals surface area contributed by atoms with Gasteiger partial charge in [0.25, 0.3) is 0 Å². The fourth-order valence-electron chi connectivity index (χ4n) is 2.87. The minimum absolute atomic E-state index is 0.128. The molecule has 0 aromatic heterocycles. The quantitative estimate of drug-likeness (QED) is 0.620. The maximum atomic E-state index is 11.6. The van der Waals surface area contributed by atoms with Crippen LogP contribution in [0.1, 0.15) is 18.9 Å². The van der Waals surface area contributed by atoms with Gasteiger partial charge in [0.2, 0.25) is 0 Å². The lowest BCUT2D eigenvalue weighted by Gasteiger charge is -2.23. The zero-order valence-electron chi connectivity index (χ0n) is 14.7. The predicted molar refractivity (Wildman–Crippen MR) is 97.2 cm³/mol. The standard InChI is InChI=1S/C17H27N3O3S/c1-4-18-17(19-11-14-9-10-24(21,22)13-14)20(2)12-15-7-5-6-8-16(15)23-3/h5-8,14H,4,9-13H2,1-3H3,(H,18,19). The summed E-state index contributed by atoms with van der Waals surface area (Å²) >= 11 is 0. The first-order valence-corrected chi connectivity index (χ1v) is 10.1. The van der Waals surface area contributed by atoms with Gasteiger partial charge in [-0.05, 0) is 25.3 Å². The third kappa shape index (κ3) is 5.12. The molecule has 1 atom stereocenters. The van der Waals surface area contributed by atoms with Gasteiger partial charge in [0.15, 0.2) is 15.8 Å². The molecule has 0 saturated carbocycles. The van der Waals surface area contributed by atoms with E-state index in [-0.39, 0.29) is 11.7 Å². The van der Waals surface area contributed by atoms with E-state index >= 15 is 0 Å². The van der Waals surface area contributed by atoms with Crippen molar-refractivity contribution in [3.63, 3.8) is 0 Å². The van der Waals surface area contributed by atoms with Crippen molar-refractivity contribution >= 4 is 15.8 Å². The van der Waals surface area contributed by atoms with E-state index in [0.717, 1.165) is 23.8 Å². The smallest absolute Gasteiger partial charge is 0.193 e. The Morgan fingerprint density at radius 2 is 2.17 bits per heavy atom. The maximum absolute atomic E-state index is 11.6. The van der Waals surface area contributed by atoms with Crippen LogP contribution < -0.4 is 10.1 Å². The Hall–Kier alpha value is -1.76. The van der Waals surface area contributed by atoms with Gasteiger partial charge in [-0.2, -0.15) is 0 Å². The second-order valence-corrected chi connectivity index (χ2v) is 8.36. The van der Waals surface area contributed by atoms with Crippen LogP contribution in [0, 0.1) is 5.92 Å². The highest BCUT2D eigenvalue weighted by molar-refractivity contribution is 7.91. The van der Waals surface area contributed by atoms with E-state index in [1.165, 1.54) is 0 Å². The normalized spacial score (nSPS) is 20.0. The molecule has 0 radical (unpaired) electrons. The molecule has 1 heterocycles. The summed E-state index contributed by atoms with van der Waals surface area (Å²) in [4.78, 5) is 6.67. The fourth-order valence-corrected chi connectivity index (χ4v) is 4.71. The van der Waals surface area contributed by atoms with Crippen molar-refractivity contribution in [2.24, 2.45) is 10.9 Å². The second kappa shape index (κ2) is 8.37. The van der Waals surface area contributed by atoms with Crippen molar-refractivity contribution in [1.82, 2.24) is 10.2 Å². The fraction of sp³-hybridized carbons (Fsp3) is 0.588. The largest absolute Gasteiger partial charge is 0.496 e. The number of sulfone groups is 1. The zero-order valence-corrected chi connectivity index (χ0v) is 15.5. The summed E-state index contributed by atoms with van der Waals surface area (Å²) in [6.45, 7) is 3.99. The van der Waals surface area contributed by atoms with Gasteiger partial charge in [0.1, 0.15) is 5.75 Å². The van der Waals surface area contributed by atoms with Crippen LogP contribution >= 0.6 is 0 Å². The number of para-hydroxylation sites is 1. The highest BCUT2D eigenvalue weighted by atomic mass is 32.2. The summed E-state index contributed by atoms with van der Waals surface area (Å²) in [5, 5.41) is 3.27. The molecule has 2 rings (SSSR count). The van der Waals surface area contributed by atoms with Crippen molar-refractivity contribution in [2.45, 2.75) is 19.9 Å². The molecule has 134 valence electrons. The van der Waals surface area contributed by atoms with Gasteiger partial charge >= 0.3 is 0 Å². The highest BCUT2D eigenvalue weighted by Gasteiger charge is 2.27. The van der Waals surface area contributed by atoms with E-state index in [2.05, 4.69) is 10.3 Å². The van der Waals surface area contributed by atoms with Crippen molar-refractivity contribution in [1.29, 1.82) is 0 Å². The average molecular weight is 353 g/mol. The van der Waals surface area contributed by atoms with Crippen LogP contribution in [0.2, 0.25) is 0 Å². The van der Waals surface area contributed by atoms with Gasteiger partial charge in [-0.1, -0.05) is 18.2 Å². The minimum atomic E-state index is -2.85. The van der Waals surface area contributed by atoms with Crippen LogP contribution in [0.25, 0.3) is 0 Å². The van der Waals surface area contributed by atoms with Gasteiger partial charge < -0.3 is 15.0 Å². The van der Waals surface area contributed by atoms with E-state index < -0.39 is 9.84 Å². The lowest BCUT2D eigenvalue weighted by Crippen LogP contribution is -2.39. The van der Waals surface area contributed by atoms with E-state index in [4.69, 9.17) is 4.74 Å². The Bertz CT molecular complexity index is 673. The lowest BCUT2D eigenvalue weighted by atomic mass is 10.1. The molecule has 0 spiro atoms. The molecule has 7 heteroatoms. The summed E-state index contributed by atoms with van der Waals surface area (Å²) in [5.41, 5.74) is 1.08. The topological polar surface area (TPSA) is 71.0 Å². The van der Waals surface area contributed by atoms with Gasteiger partial charge in [0.05, 0.1) is 18.6 Å². The second-order valence-electron chi connectivity index (χ2n) is 6.13. The minimum Gasteiger partial charge on any atom is -0.496 e. The van der Waals surface area contributed by atoms with Crippen molar-refractivity contribution in [3.8, 4) is 5.75 Å². The number of hydrogen-bond acceptors (Lipinski definition) is 4. The summed E-state index contributed by atoms with van der Waals surface area (Å²) < 4.78 is 28.5. The maximum Gasteiger partial charge on any atom is 0.193 e. The first kappa shape index (κ1) is 18.6. The Kier molecular flexibility index (Phi) is 6.48. The number of nitrogens with zero attached hydrogens (tertiary/aromatic N) is 2. The molecule has 0 aliphatic carbocycles. The Morgan fingerprint density at radius 3 is 2.79 bits per heavy atom. The molecule has 6 nitrogen and oxygen atoms in total. The number of methoxy groups -OCH3 is 1. The van der Waals surface area contributed by atoms with Gasteiger partial charge in [-0.3, -0.25) is 4.99 Å². The Balaban J connectivity index is 2.04. The molecule has 1 aliphatic heterocycles. The van der Waals surface area contributed by atoms with Crippen LogP contribution in [0.15, 0.2) is 29.3 Å².